The fourth-order valence-corrected chi connectivity index (χ4v) is 3.14. The third kappa shape index (κ3) is 4.57. The van der Waals surface area contributed by atoms with Crippen LogP contribution in [-0.4, -0.2) is 35.5 Å². The summed E-state index contributed by atoms with van der Waals surface area (Å²) in [6, 6.07) is 11.9. The Kier molecular flexibility index (Phi) is 5.47. The van der Waals surface area contributed by atoms with Gasteiger partial charge in [-0.1, -0.05) is 18.2 Å². The first-order valence-corrected chi connectivity index (χ1v) is 8.57. The number of hydrogen-bond donors (Lipinski definition) is 0. The van der Waals surface area contributed by atoms with Gasteiger partial charge in [-0.2, -0.15) is 0 Å². The summed E-state index contributed by atoms with van der Waals surface area (Å²) in [5.41, 5.74) is 2.17. The lowest BCUT2D eigenvalue weighted by molar-refractivity contribution is -0.132. The average molecular weight is 324 g/mol. The van der Waals surface area contributed by atoms with Crippen molar-refractivity contribution in [3.8, 4) is 5.75 Å². The monoisotopic (exact) mass is 324 g/mol. The van der Waals surface area contributed by atoms with Crippen molar-refractivity contribution in [2.75, 3.05) is 19.7 Å². The molecule has 24 heavy (non-hydrogen) atoms. The maximum Gasteiger partial charge on any atom is 0.227 e. The second kappa shape index (κ2) is 7.95. The molecule has 126 valence electrons. The minimum atomic E-state index is 0.184. The lowest BCUT2D eigenvalue weighted by Gasteiger charge is -2.32. The van der Waals surface area contributed by atoms with Crippen molar-refractivity contribution in [3.05, 3.63) is 59.9 Å². The van der Waals surface area contributed by atoms with E-state index in [1.54, 1.807) is 12.4 Å². The summed E-state index contributed by atoms with van der Waals surface area (Å²) >= 11 is 0. The fourth-order valence-electron chi connectivity index (χ4n) is 3.14. The molecule has 0 aliphatic carbocycles. The molecule has 0 radical (unpaired) electrons. The molecule has 1 unspecified atom stereocenters. The van der Waals surface area contributed by atoms with Crippen molar-refractivity contribution < 1.29 is 9.53 Å². The van der Waals surface area contributed by atoms with E-state index in [1.165, 1.54) is 5.56 Å². The zero-order valence-electron chi connectivity index (χ0n) is 14.1. The average Bonchev–Trinajstić information content (AvgIpc) is 2.61. The van der Waals surface area contributed by atoms with Crippen LogP contribution in [0.3, 0.4) is 0 Å². The number of ether oxygens (including phenoxy) is 1. The zero-order chi connectivity index (χ0) is 16.8. The van der Waals surface area contributed by atoms with E-state index in [4.69, 9.17) is 4.74 Å². The molecule has 1 atom stereocenters. The van der Waals surface area contributed by atoms with E-state index in [-0.39, 0.29) is 5.91 Å². The Balaban J connectivity index is 1.51. The van der Waals surface area contributed by atoms with Gasteiger partial charge in [0.15, 0.2) is 0 Å². The van der Waals surface area contributed by atoms with Crippen LogP contribution in [-0.2, 0) is 11.2 Å². The summed E-state index contributed by atoms with van der Waals surface area (Å²) < 4.78 is 5.92. The number of aryl methyl sites for hydroxylation is 1. The number of hydrogen-bond acceptors (Lipinski definition) is 3. The molecular weight excluding hydrogens is 300 g/mol. The molecule has 2 heterocycles. The van der Waals surface area contributed by atoms with Gasteiger partial charge in [0.05, 0.1) is 13.0 Å². The van der Waals surface area contributed by atoms with Crippen LogP contribution in [0.15, 0.2) is 48.8 Å². The maximum atomic E-state index is 12.5. The predicted octanol–water partition coefficient (Wildman–Crippen LogP) is 3.25. The number of carbonyl (C=O) groups excluding carboxylic acids is 1. The van der Waals surface area contributed by atoms with Crippen molar-refractivity contribution in [1.29, 1.82) is 0 Å². The number of likely N-dealkylation sites (tertiary alicyclic amines) is 1. The molecule has 2 aromatic rings. The van der Waals surface area contributed by atoms with Crippen LogP contribution in [0, 0.1) is 12.8 Å². The van der Waals surface area contributed by atoms with Crippen LogP contribution in [0.1, 0.15) is 24.0 Å². The van der Waals surface area contributed by atoms with Crippen molar-refractivity contribution in [3.63, 3.8) is 0 Å². The van der Waals surface area contributed by atoms with Gasteiger partial charge in [0.1, 0.15) is 5.75 Å². The minimum Gasteiger partial charge on any atom is -0.493 e. The topological polar surface area (TPSA) is 42.4 Å². The Morgan fingerprint density at radius 2 is 2.25 bits per heavy atom. The highest BCUT2D eigenvalue weighted by molar-refractivity contribution is 5.78. The molecule has 1 fully saturated rings. The third-order valence-electron chi connectivity index (χ3n) is 4.43. The van der Waals surface area contributed by atoms with Crippen LogP contribution < -0.4 is 4.74 Å². The smallest absolute Gasteiger partial charge is 0.227 e. The number of piperidine rings is 1. The molecule has 0 spiro atoms. The lowest BCUT2D eigenvalue weighted by atomic mass is 9.98. The molecule has 1 amide bonds. The second-order valence-corrected chi connectivity index (χ2v) is 6.51. The minimum absolute atomic E-state index is 0.184. The normalized spacial score (nSPS) is 17.5. The summed E-state index contributed by atoms with van der Waals surface area (Å²) in [6.07, 6.45) is 6.08. The Morgan fingerprint density at radius 1 is 1.33 bits per heavy atom. The van der Waals surface area contributed by atoms with Gasteiger partial charge < -0.3 is 9.64 Å². The number of aromatic nitrogens is 1. The van der Waals surface area contributed by atoms with E-state index >= 15 is 0 Å². The first-order chi connectivity index (χ1) is 11.7. The Bertz CT molecular complexity index is 672. The van der Waals surface area contributed by atoms with Gasteiger partial charge in [-0.05, 0) is 49.1 Å². The van der Waals surface area contributed by atoms with Gasteiger partial charge >= 0.3 is 0 Å². The third-order valence-corrected chi connectivity index (χ3v) is 4.43. The Labute approximate surface area is 143 Å². The van der Waals surface area contributed by atoms with Gasteiger partial charge in [0.25, 0.3) is 0 Å². The predicted molar refractivity (Wildman–Crippen MR) is 93.9 cm³/mol. The van der Waals surface area contributed by atoms with Crippen molar-refractivity contribution in [1.82, 2.24) is 9.88 Å². The highest BCUT2D eigenvalue weighted by atomic mass is 16.5. The summed E-state index contributed by atoms with van der Waals surface area (Å²) in [5.74, 6) is 1.49. The first-order valence-electron chi connectivity index (χ1n) is 8.57. The molecule has 1 aliphatic heterocycles. The molecule has 4 heteroatoms. The summed E-state index contributed by atoms with van der Waals surface area (Å²) in [7, 11) is 0. The summed E-state index contributed by atoms with van der Waals surface area (Å²) in [5, 5.41) is 0. The quantitative estimate of drug-likeness (QED) is 0.848. The Hall–Kier alpha value is -2.36. The largest absolute Gasteiger partial charge is 0.493 e. The maximum absolute atomic E-state index is 12.5. The van der Waals surface area contributed by atoms with Gasteiger partial charge in [0, 0.05) is 31.4 Å². The van der Waals surface area contributed by atoms with Crippen LogP contribution in [0.5, 0.6) is 5.75 Å². The highest BCUT2D eigenvalue weighted by Gasteiger charge is 2.24. The SMILES string of the molecule is Cc1cccc(OCC2CCCN(C(=O)Cc3cccnc3)C2)c1. The van der Waals surface area contributed by atoms with Crippen LogP contribution in [0.25, 0.3) is 0 Å². The number of amides is 1. The molecule has 1 aromatic carbocycles. The summed E-state index contributed by atoms with van der Waals surface area (Å²) in [4.78, 5) is 18.5. The molecule has 1 aromatic heterocycles. The zero-order valence-corrected chi connectivity index (χ0v) is 14.1. The highest BCUT2D eigenvalue weighted by Crippen LogP contribution is 2.20. The van der Waals surface area contributed by atoms with Gasteiger partial charge in [-0.15, -0.1) is 0 Å². The van der Waals surface area contributed by atoms with Crippen molar-refractivity contribution in [2.24, 2.45) is 5.92 Å². The van der Waals surface area contributed by atoms with Crippen molar-refractivity contribution >= 4 is 5.91 Å². The number of nitrogens with zero attached hydrogens (tertiary/aromatic N) is 2. The molecule has 1 aliphatic rings. The van der Waals surface area contributed by atoms with Gasteiger partial charge in [0.2, 0.25) is 5.91 Å². The number of benzene rings is 1. The molecule has 1 saturated heterocycles. The van der Waals surface area contributed by atoms with E-state index in [1.807, 2.05) is 35.2 Å². The van der Waals surface area contributed by atoms with E-state index in [0.717, 1.165) is 37.2 Å². The van der Waals surface area contributed by atoms with E-state index in [0.29, 0.717) is 18.9 Å². The van der Waals surface area contributed by atoms with Crippen LogP contribution >= 0.6 is 0 Å². The summed E-state index contributed by atoms with van der Waals surface area (Å²) in [6.45, 7) is 4.36. The fraction of sp³-hybridized carbons (Fsp3) is 0.400. The molecule has 0 saturated carbocycles. The standard InChI is InChI=1S/C20H24N2O2/c1-16-5-2-8-19(11-16)24-15-18-7-4-10-22(14-18)20(23)12-17-6-3-9-21-13-17/h2-3,5-6,8-9,11,13,18H,4,7,10,12,14-15H2,1H3. The molecule has 0 bridgehead atoms. The molecular formula is C20H24N2O2. The van der Waals surface area contributed by atoms with E-state index < -0.39 is 0 Å². The van der Waals surface area contributed by atoms with Crippen LogP contribution in [0.2, 0.25) is 0 Å². The van der Waals surface area contributed by atoms with Crippen molar-refractivity contribution in [2.45, 2.75) is 26.2 Å². The second-order valence-electron chi connectivity index (χ2n) is 6.51. The van der Waals surface area contributed by atoms with Gasteiger partial charge in [-0.25, -0.2) is 0 Å². The van der Waals surface area contributed by atoms with Crippen LogP contribution in [0.4, 0.5) is 0 Å². The van der Waals surface area contributed by atoms with E-state index in [9.17, 15) is 4.79 Å². The number of carbonyl (C=O) groups is 1. The first kappa shape index (κ1) is 16.5. The van der Waals surface area contributed by atoms with E-state index in [2.05, 4.69) is 18.0 Å². The lowest BCUT2D eigenvalue weighted by Crippen LogP contribution is -2.42. The number of rotatable bonds is 5. The Morgan fingerprint density at radius 3 is 3.04 bits per heavy atom. The molecule has 3 rings (SSSR count). The number of pyridine rings is 1. The molecule has 4 nitrogen and oxygen atoms in total. The van der Waals surface area contributed by atoms with Gasteiger partial charge in [-0.3, -0.25) is 9.78 Å². The molecule has 0 N–H and O–H groups in total.